The van der Waals surface area contributed by atoms with Crippen LogP contribution in [-0.2, 0) is 22.4 Å². The third kappa shape index (κ3) is 4.42. The zero-order valence-electron chi connectivity index (χ0n) is 23.0. The van der Waals surface area contributed by atoms with Gasteiger partial charge < -0.3 is 18.9 Å². The van der Waals surface area contributed by atoms with Gasteiger partial charge in [-0.15, -0.1) is 0 Å². The topological polar surface area (TPSA) is 97.9 Å². The summed E-state index contributed by atoms with van der Waals surface area (Å²) in [6, 6.07) is 8.45. The molecule has 4 amide bonds. The molecule has 0 radical (unpaired) electrons. The van der Waals surface area contributed by atoms with Crippen LogP contribution in [0.4, 0.5) is 4.79 Å². The summed E-state index contributed by atoms with van der Waals surface area (Å²) in [7, 11) is 9.12. The van der Waals surface area contributed by atoms with Gasteiger partial charge in [-0.3, -0.25) is 24.3 Å². The minimum atomic E-state index is -1.54. The highest BCUT2D eigenvalue weighted by Gasteiger charge is 2.57. The van der Waals surface area contributed by atoms with Gasteiger partial charge in [-0.25, -0.2) is 4.79 Å². The molecule has 0 aromatic heterocycles. The number of hydrogen-bond donors (Lipinski definition) is 0. The number of urea groups is 1. The maximum absolute atomic E-state index is 13.9. The molecular weight excluding hydrogens is 490 g/mol. The first kappa shape index (κ1) is 27.3. The van der Waals surface area contributed by atoms with Crippen molar-refractivity contribution >= 4 is 17.8 Å². The molecule has 38 heavy (non-hydrogen) atoms. The van der Waals surface area contributed by atoms with E-state index in [9.17, 15) is 14.4 Å². The Kier molecular flexibility index (Phi) is 7.55. The normalized spacial score (nSPS) is 19.3. The number of rotatable bonds is 8. The number of hydrogen-bond acceptors (Lipinski definition) is 8. The molecule has 0 N–H and O–H groups in total. The molecule has 2 heterocycles. The van der Waals surface area contributed by atoms with E-state index in [0.29, 0.717) is 41.5 Å². The van der Waals surface area contributed by atoms with Crippen LogP contribution in [0, 0.1) is 5.41 Å². The molecule has 2 aromatic rings. The van der Waals surface area contributed by atoms with Gasteiger partial charge in [-0.05, 0) is 48.2 Å². The van der Waals surface area contributed by atoms with Gasteiger partial charge in [0.25, 0.3) is 0 Å². The minimum Gasteiger partial charge on any atom is -0.497 e. The van der Waals surface area contributed by atoms with E-state index in [4.69, 9.17) is 18.9 Å². The zero-order valence-corrected chi connectivity index (χ0v) is 23.0. The summed E-state index contributed by atoms with van der Waals surface area (Å²) in [5, 5.41) is 0. The highest BCUT2D eigenvalue weighted by molar-refractivity contribution is 6.19. The third-order valence-corrected chi connectivity index (χ3v) is 7.77. The van der Waals surface area contributed by atoms with E-state index in [1.165, 1.54) is 21.2 Å². The van der Waals surface area contributed by atoms with Gasteiger partial charge in [0.05, 0.1) is 28.4 Å². The summed E-state index contributed by atoms with van der Waals surface area (Å²) in [6.45, 7) is 2.78. The Labute approximate surface area is 223 Å². The van der Waals surface area contributed by atoms with E-state index in [-0.39, 0.29) is 19.0 Å². The Bertz CT molecular complexity index is 1240. The number of carbonyl (C=O) groups excluding carboxylic acids is 3. The number of methoxy groups -OCH3 is 4. The van der Waals surface area contributed by atoms with Crippen molar-refractivity contribution in [2.75, 3.05) is 55.6 Å². The lowest BCUT2D eigenvalue weighted by molar-refractivity contribution is -0.159. The summed E-state index contributed by atoms with van der Waals surface area (Å²) in [5.41, 5.74) is 1.30. The number of benzene rings is 2. The molecule has 204 valence electrons. The molecule has 10 heteroatoms. The molecule has 1 fully saturated rings. The van der Waals surface area contributed by atoms with Crippen LogP contribution in [0.1, 0.15) is 29.7 Å². The van der Waals surface area contributed by atoms with Crippen molar-refractivity contribution in [2.45, 2.75) is 25.8 Å². The van der Waals surface area contributed by atoms with Gasteiger partial charge in [0, 0.05) is 45.7 Å². The predicted molar refractivity (Wildman–Crippen MR) is 140 cm³/mol. The molecule has 10 nitrogen and oxygen atoms in total. The van der Waals surface area contributed by atoms with Crippen molar-refractivity contribution in [3.63, 3.8) is 0 Å². The zero-order chi connectivity index (χ0) is 27.8. The van der Waals surface area contributed by atoms with Gasteiger partial charge in [0.2, 0.25) is 11.8 Å². The average Bonchev–Trinajstić information content (AvgIpc) is 2.94. The molecule has 0 bridgehead atoms. The van der Waals surface area contributed by atoms with Crippen LogP contribution in [0.15, 0.2) is 30.3 Å². The number of carbonyl (C=O) groups is 3. The second-order valence-electron chi connectivity index (χ2n) is 9.75. The van der Waals surface area contributed by atoms with Crippen LogP contribution >= 0.6 is 0 Å². The lowest BCUT2D eigenvalue weighted by atomic mass is 9.75. The van der Waals surface area contributed by atoms with Gasteiger partial charge >= 0.3 is 6.03 Å². The third-order valence-electron chi connectivity index (χ3n) is 7.77. The van der Waals surface area contributed by atoms with Crippen LogP contribution < -0.4 is 18.9 Å². The number of amides is 4. The van der Waals surface area contributed by atoms with Gasteiger partial charge in [0.15, 0.2) is 11.5 Å². The molecule has 2 aromatic carbocycles. The molecule has 1 saturated heterocycles. The summed E-state index contributed by atoms with van der Waals surface area (Å²) in [6.07, 6.45) is 0.761. The van der Waals surface area contributed by atoms with E-state index in [2.05, 4.69) is 4.90 Å². The smallest absolute Gasteiger partial charge is 0.332 e. The highest BCUT2D eigenvalue weighted by atomic mass is 16.5. The van der Waals surface area contributed by atoms with Crippen molar-refractivity contribution in [3.8, 4) is 23.0 Å². The lowest BCUT2D eigenvalue weighted by Gasteiger charge is -2.46. The Hall–Kier alpha value is -3.79. The van der Waals surface area contributed by atoms with E-state index < -0.39 is 23.3 Å². The maximum atomic E-state index is 13.9. The SMILES string of the molecule is COc1ccc(CC2(CN3CCc4cc(OC)c(OC)cc4[C@@H]3C)C(=O)N(C)C(=O)N(C)C2=O)c(OC)c1. The van der Waals surface area contributed by atoms with Crippen molar-refractivity contribution in [1.82, 2.24) is 14.7 Å². The van der Waals surface area contributed by atoms with Crippen molar-refractivity contribution in [3.05, 3.63) is 47.0 Å². The van der Waals surface area contributed by atoms with Gasteiger partial charge in [-0.1, -0.05) is 6.07 Å². The van der Waals surface area contributed by atoms with E-state index in [1.54, 1.807) is 39.5 Å². The van der Waals surface area contributed by atoms with Crippen LogP contribution in [0.3, 0.4) is 0 Å². The summed E-state index contributed by atoms with van der Waals surface area (Å²) in [4.78, 5) is 44.6. The molecule has 0 saturated carbocycles. The minimum absolute atomic E-state index is 0.0573. The number of ether oxygens (including phenoxy) is 4. The summed E-state index contributed by atoms with van der Waals surface area (Å²) in [5.74, 6) is 1.31. The summed E-state index contributed by atoms with van der Waals surface area (Å²) < 4.78 is 21.9. The maximum Gasteiger partial charge on any atom is 0.332 e. The molecule has 0 unspecified atom stereocenters. The Morgan fingerprint density at radius 3 is 2.03 bits per heavy atom. The van der Waals surface area contributed by atoms with Crippen LogP contribution in [0.25, 0.3) is 0 Å². The molecule has 4 rings (SSSR count). The molecule has 2 aliphatic rings. The molecule has 0 aliphatic carbocycles. The van der Waals surface area contributed by atoms with E-state index in [1.807, 2.05) is 19.1 Å². The Morgan fingerprint density at radius 1 is 0.842 bits per heavy atom. The average molecular weight is 526 g/mol. The quantitative estimate of drug-likeness (QED) is 0.486. The number of fused-ring (bicyclic) bond motifs is 1. The number of barbiturate groups is 1. The fourth-order valence-corrected chi connectivity index (χ4v) is 5.56. The second-order valence-corrected chi connectivity index (χ2v) is 9.75. The van der Waals surface area contributed by atoms with Gasteiger partial charge in [0.1, 0.15) is 16.9 Å². The Morgan fingerprint density at radius 2 is 1.45 bits per heavy atom. The first-order valence-corrected chi connectivity index (χ1v) is 12.4. The first-order chi connectivity index (χ1) is 18.1. The lowest BCUT2D eigenvalue weighted by Crippen LogP contribution is -2.67. The summed E-state index contributed by atoms with van der Waals surface area (Å²) >= 11 is 0. The van der Waals surface area contributed by atoms with E-state index >= 15 is 0 Å². The number of nitrogens with zero attached hydrogens (tertiary/aromatic N) is 3. The van der Waals surface area contributed by atoms with Crippen LogP contribution in [-0.4, -0.2) is 88.2 Å². The van der Waals surface area contributed by atoms with Gasteiger partial charge in [-0.2, -0.15) is 0 Å². The highest BCUT2D eigenvalue weighted by Crippen LogP contribution is 2.42. The molecular formula is C28H35N3O7. The Balaban J connectivity index is 1.78. The first-order valence-electron chi connectivity index (χ1n) is 12.4. The van der Waals surface area contributed by atoms with Crippen molar-refractivity contribution in [1.29, 1.82) is 0 Å². The molecule has 1 atom stereocenters. The fraction of sp³-hybridized carbons (Fsp3) is 0.464. The monoisotopic (exact) mass is 525 g/mol. The van der Waals surface area contributed by atoms with Crippen molar-refractivity contribution in [2.24, 2.45) is 5.41 Å². The molecule has 0 spiro atoms. The predicted octanol–water partition coefficient (Wildman–Crippen LogP) is 2.92. The number of imide groups is 2. The van der Waals surface area contributed by atoms with Crippen molar-refractivity contribution < 1.29 is 33.3 Å². The van der Waals surface area contributed by atoms with E-state index in [0.717, 1.165) is 20.9 Å². The van der Waals surface area contributed by atoms with Crippen LogP contribution in [0.2, 0.25) is 0 Å². The molecule has 2 aliphatic heterocycles. The fourth-order valence-electron chi connectivity index (χ4n) is 5.56. The largest absolute Gasteiger partial charge is 0.497 e. The standard InChI is InChI=1S/C28H35N3O7/c1-17-21-14-24(38-7)23(37-6)12-18(21)10-11-31(17)16-28(25(32)29(2)27(34)30(3)26(28)33)15-19-8-9-20(35-4)13-22(19)36-5/h8-9,12-14,17H,10-11,15-16H2,1-7H3/t17-/m0/s1. The van der Waals surface area contributed by atoms with Crippen LogP contribution in [0.5, 0.6) is 23.0 Å². The second kappa shape index (κ2) is 10.5.